The van der Waals surface area contributed by atoms with Gasteiger partial charge in [-0.05, 0) is 6.42 Å². The maximum Gasteiger partial charge on any atom is 0.344 e. The molecule has 8 nitrogen and oxygen atoms in total. The molecule has 1 fully saturated rings. The van der Waals surface area contributed by atoms with Crippen molar-refractivity contribution >= 4 is 16.1 Å². The lowest BCUT2D eigenvalue weighted by Gasteiger charge is -2.20. The molecule has 1 aliphatic heterocycles. The zero-order chi connectivity index (χ0) is 16.8. The van der Waals surface area contributed by atoms with Gasteiger partial charge >= 0.3 is 6.03 Å². The molecule has 0 aromatic carbocycles. The standard InChI is InChI=1S/C11H15N5O3S.C2H6/c1-20(18,19)15-4-2-3-14(5-6-15)11(17)16-9-10(7-12)8-13-16;1-2/h8-9H,2-6H2,1H3;1-2H3. The average Bonchev–Trinajstić information content (AvgIpc) is 2.83. The number of rotatable bonds is 1. The molecule has 9 heteroatoms. The molecule has 22 heavy (non-hydrogen) atoms. The van der Waals surface area contributed by atoms with Crippen molar-refractivity contribution in [1.29, 1.82) is 5.26 Å². The molecule has 0 saturated carbocycles. The van der Waals surface area contributed by atoms with Crippen LogP contribution in [0.5, 0.6) is 0 Å². The molecule has 0 unspecified atom stereocenters. The summed E-state index contributed by atoms with van der Waals surface area (Å²) in [5.74, 6) is 0. The lowest BCUT2D eigenvalue weighted by Crippen LogP contribution is -2.39. The van der Waals surface area contributed by atoms with Crippen LogP contribution in [0.2, 0.25) is 0 Å². The van der Waals surface area contributed by atoms with Crippen LogP contribution >= 0.6 is 0 Å². The van der Waals surface area contributed by atoms with E-state index < -0.39 is 10.0 Å². The number of nitrogens with zero attached hydrogens (tertiary/aromatic N) is 5. The highest BCUT2D eigenvalue weighted by Gasteiger charge is 2.24. The van der Waals surface area contributed by atoms with Gasteiger partial charge in [0.15, 0.2) is 0 Å². The Morgan fingerprint density at radius 1 is 1.27 bits per heavy atom. The van der Waals surface area contributed by atoms with Crippen molar-refractivity contribution in [2.45, 2.75) is 20.3 Å². The molecule has 2 rings (SSSR count). The second-order valence-electron chi connectivity index (χ2n) is 4.57. The first kappa shape index (κ1) is 18.1. The van der Waals surface area contributed by atoms with Crippen molar-refractivity contribution in [2.24, 2.45) is 0 Å². The largest absolute Gasteiger partial charge is 0.344 e. The monoisotopic (exact) mass is 327 g/mol. The Morgan fingerprint density at radius 2 is 1.95 bits per heavy atom. The van der Waals surface area contributed by atoms with Gasteiger partial charge in [0, 0.05) is 26.2 Å². The topological polar surface area (TPSA) is 99.3 Å². The number of carbonyl (C=O) groups excluding carboxylic acids is 1. The summed E-state index contributed by atoms with van der Waals surface area (Å²) < 4.78 is 25.5. The van der Waals surface area contributed by atoms with Gasteiger partial charge in [-0.3, -0.25) is 0 Å². The lowest BCUT2D eigenvalue weighted by molar-refractivity contribution is 0.199. The van der Waals surface area contributed by atoms with E-state index in [1.807, 2.05) is 19.9 Å². The molecule has 0 radical (unpaired) electrons. The molecule has 1 aromatic rings. The first-order valence-corrected chi connectivity index (χ1v) is 8.96. The van der Waals surface area contributed by atoms with Gasteiger partial charge in [-0.25, -0.2) is 17.5 Å². The molecule has 0 atom stereocenters. The summed E-state index contributed by atoms with van der Waals surface area (Å²) in [5.41, 5.74) is 0.311. The molecule has 1 amide bonds. The molecule has 0 spiro atoms. The van der Waals surface area contributed by atoms with E-state index in [1.54, 1.807) is 4.90 Å². The van der Waals surface area contributed by atoms with Gasteiger partial charge in [0.2, 0.25) is 10.0 Å². The van der Waals surface area contributed by atoms with Crippen molar-refractivity contribution in [3.05, 3.63) is 18.0 Å². The SMILES string of the molecule is CC.CS(=O)(=O)N1CCCN(C(=O)n2cc(C#N)cn2)CC1. The van der Waals surface area contributed by atoms with E-state index in [0.29, 0.717) is 31.6 Å². The molecule has 122 valence electrons. The van der Waals surface area contributed by atoms with E-state index in [4.69, 9.17) is 5.26 Å². The van der Waals surface area contributed by atoms with Gasteiger partial charge in [0.05, 0.1) is 24.2 Å². The highest BCUT2D eigenvalue weighted by Crippen LogP contribution is 2.08. The summed E-state index contributed by atoms with van der Waals surface area (Å²) in [6.07, 6.45) is 4.42. The van der Waals surface area contributed by atoms with E-state index in [9.17, 15) is 13.2 Å². The van der Waals surface area contributed by atoms with Gasteiger partial charge in [-0.1, -0.05) is 13.8 Å². The minimum Gasteiger partial charge on any atom is -0.321 e. The third-order valence-electron chi connectivity index (χ3n) is 3.10. The molecule has 1 aromatic heterocycles. The van der Waals surface area contributed by atoms with Crippen LogP contribution in [-0.2, 0) is 10.0 Å². The fourth-order valence-corrected chi connectivity index (χ4v) is 2.92. The lowest BCUT2D eigenvalue weighted by atomic mass is 10.4. The second-order valence-corrected chi connectivity index (χ2v) is 6.55. The van der Waals surface area contributed by atoms with E-state index in [1.165, 1.54) is 16.7 Å². The van der Waals surface area contributed by atoms with Crippen LogP contribution in [0.25, 0.3) is 0 Å². The number of hydrogen-bond acceptors (Lipinski definition) is 5. The van der Waals surface area contributed by atoms with E-state index >= 15 is 0 Å². The van der Waals surface area contributed by atoms with Gasteiger partial charge in [0.1, 0.15) is 6.07 Å². The molecule has 0 aliphatic carbocycles. The van der Waals surface area contributed by atoms with E-state index in [2.05, 4.69) is 5.10 Å². The van der Waals surface area contributed by atoms with Crippen LogP contribution in [0.15, 0.2) is 12.4 Å². The van der Waals surface area contributed by atoms with Crippen molar-refractivity contribution in [3.63, 3.8) is 0 Å². The normalized spacial score (nSPS) is 16.2. The maximum absolute atomic E-state index is 12.2. The van der Waals surface area contributed by atoms with Gasteiger partial charge < -0.3 is 4.90 Å². The predicted octanol–water partition coefficient (Wildman–Crippen LogP) is 0.716. The van der Waals surface area contributed by atoms with Crippen molar-refractivity contribution < 1.29 is 13.2 Å². The minimum atomic E-state index is -3.23. The Hall–Kier alpha value is -1.92. The Balaban J connectivity index is 0.00000116. The van der Waals surface area contributed by atoms with Gasteiger partial charge in [-0.2, -0.15) is 15.0 Å². The number of aromatic nitrogens is 2. The zero-order valence-corrected chi connectivity index (χ0v) is 13.9. The van der Waals surface area contributed by atoms with Crippen LogP contribution in [0.1, 0.15) is 25.8 Å². The van der Waals surface area contributed by atoms with Crippen LogP contribution in [0.3, 0.4) is 0 Å². The van der Waals surface area contributed by atoms with E-state index in [-0.39, 0.29) is 12.6 Å². The highest BCUT2D eigenvalue weighted by atomic mass is 32.2. The summed E-state index contributed by atoms with van der Waals surface area (Å²) >= 11 is 0. The van der Waals surface area contributed by atoms with Crippen LogP contribution < -0.4 is 0 Å². The van der Waals surface area contributed by atoms with Crippen molar-refractivity contribution in [1.82, 2.24) is 19.0 Å². The predicted molar refractivity (Wildman–Crippen MR) is 81.7 cm³/mol. The molecule has 1 aliphatic rings. The summed E-state index contributed by atoms with van der Waals surface area (Å²) in [7, 11) is -3.23. The van der Waals surface area contributed by atoms with Crippen LogP contribution in [0.4, 0.5) is 4.79 Å². The first-order valence-electron chi connectivity index (χ1n) is 7.11. The molecular formula is C13H21N5O3S. The van der Waals surface area contributed by atoms with Gasteiger partial charge in [0.25, 0.3) is 0 Å². The molecule has 0 N–H and O–H groups in total. The van der Waals surface area contributed by atoms with Crippen LogP contribution in [0, 0.1) is 11.3 Å². The second kappa shape index (κ2) is 7.91. The quantitative estimate of drug-likeness (QED) is 0.756. The Morgan fingerprint density at radius 3 is 2.50 bits per heavy atom. The summed E-state index contributed by atoms with van der Waals surface area (Å²) in [6, 6.07) is 1.56. The summed E-state index contributed by atoms with van der Waals surface area (Å²) in [4.78, 5) is 13.7. The average molecular weight is 327 g/mol. The third kappa shape index (κ3) is 4.54. The molecule has 0 bridgehead atoms. The smallest absolute Gasteiger partial charge is 0.321 e. The van der Waals surface area contributed by atoms with Crippen LogP contribution in [-0.4, -0.2) is 65.9 Å². The maximum atomic E-state index is 12.2. The number of carbonyl (C=O) groups is 1. The third-order valence-corrected chi connectivity index (χ3v) is 4.41. The zero-order valence-electron chi connectivity index (χ0n) is 13.1. The fourth-order valence-electron chi connectivity index (χ4n) is 2.05. The molecule has 1 saturated heterocycles. The first-order chi connectivity index (χ1) is 10.4. The number of sulfonamides is 1. The van der Waals surface area contributed by atoms with Crippen molar-refractivity contribution in [3.8, 4) is 6.07 Å². The van der Waals surface area contributed by atoms with Crippen molar-refractivity contribution in [2.75, 3.05) is 32.4 Å². The highest BCUT2D eigenvalue weighted by molar-refractivity contribution is 7.88. The Kier molecular flexibility index (Phi) is 6.52. The molecule has 2 heterocycles. The number of hydrogen-bond donors (Lipinski definition) is 0. The fraction of sp³-hybridized carbons (Fsp3) is 0.615. The summed E-state index contributed by atoms with van der Waals surface area (Å²) in [5, 5.41) is 12.5. The minimum absolute atomic E-state index is 0.275. The number of nitriles is 1. The Bertz CT molecular complexity index is 647. The Labute approximate surface area is 131 Å². The number of amides is 1. The van der Waals surface area contributed by atoms with Gasteiger partial charge in [-0.15, -0.1) is 0 Å². The van der Waals surface area contributed by atoms with E-state index in [0.717, 1.165) is 10.9 Å². The molecular weight excluding hydrogens is 306 g/mol. The summed E-state index contributed by atoms with van der Waals surface area (Å²) in [6.45, 7) is 5.46.